The molecule has 92 valence electrons. The monoisotopic (exact) mass is 314 g/mol. The van der Waals surface area contributed by atoms with Crippen LogP contribution in [-0.2, 0) is 0 Å². The molecule has 1 heterocycles. The van der Waals surface area contributed by atoms with Gasteiger partial charge in [0.15, 0.2) is 0 Å². The number of nitrogens with zero attached hydrogens (tertiary/aromatic N) is 1. The van der Waals surface area contributed by atoms with Gasteiger partial charge in [-0.05, 0) is 52.9 Å². The Morgan fingerprint density at radius 2 is 2.06 bits per heavy atom. The maximum Gasteiger partial charge on any atom is 0.0551 e. The zero-order valence-electron chi connectivity index (χ0n) is 9.57. The first-order valence-corrected chi connectivity index (χ1v) is 7.30. The number of benzene rings is 1. The van der Waals surface area contributed by atoms with Crippen molar-refractivity contribution in [2.24, 2.45) is 5.73 Å². The molecule has 3 rings (SSSR count). The summed E-state index contributed by atoms with van der Waals surface area (Å²) in [6.07, 6.45) is 3.75. The Morgan fingerprint density at radius 3 is 2.71 bits per heavy atom. The fraction of sp³-hybridized carbons (Fsp3) is 0.538. The lowest BCUT2D eigenvalue weighted by molar-refractivity contribution is 0.237. The second-order valence-electron chi connectivity index (χ2n) is 5.04. The molecule has 4 heteroatoms. The standard InChI is InChI=1S/C13H16BrClN2/c14-10-4-1-8(7-11(10)15)13-12(16)5-6-17(13)9-2-3-9/h1,4,7,9,12-13H,2-3,5-6,16H2. The van der Waals surface area contributed by atoms with Crippen molar-refractivity contribution in [2.45, 2.75) is 37.4 Å². The maximum absolute atomic E-state index is 6.26. The molecule has 1 aromatic rings. The molecule has 2 aliphatic rings. The van der Waals surface area contributed by atoms with Gasteiger partial charge in [-0.1, -0.05) is 17.7 Å². The van der Waals surface area contributed by atoms with Gasteiger partial charge >= 0.3 is 0 Å². The SMILES string of the molecule is NC1CCN(C2CC2)C1c1ccc(Br)c(Cl)c1. The molecule has 1 saturated carbocycles. The van der Waals surface area contributed by atoms with Gasteiger partial charge in [-0.15, -0.1) is 0 Å². The topological polar surface area (TPSA) is 29.3 Å². The van der Waals surface area contributed by atoms with Crippen molar-refractivity contribution in [3.8, 4) is 0 Å². The highest BCUT2D eigenvalue weighted by Gasteiger charge is 2.41. The van der Waals surface area contributed by atoms with Crippen molar-refractivity contribution >= 4 is 27.5 Å². The second-order valence-corrected chi connectivity index (χ2v) is 6.30. The lowest BCUT2D eigenvalue weighted by Gasteiger charge is -2.27. The fourth-order valence-corrected chi connectivity index (χ4v) is 3.23. The Kier molecular flexibility index (Phi) is 3.20. The Bertz CT molecular complexity index is 433. The first-order valence-electron chi connectivity index (χ1n) is 6.13. The number of hydrogen-bond donors (Lipinski definition) is 1. The lowest BCUT2D eigenvalue weighted by Crippen LogP contribution is -2.33. The van der Waals surface area contributed by atoms with E-state index in [2.05, 4.69) is 33.0 Å². The molecule has 0 amide bonds. The van der Waals surface area contributed by atoms with Crippen LogP contribution in [0.1, 0.15) is 30.9 Å². The zero-order valence-corrected chi connectivity index (χ0v) is 11.9. The maximum atomic E-state index is 6.26. The fourth-order valence-electron chi connectivity index (χ4n) is 2.79. The van der Waals surface area contributed by atoms with Gasteiger partial charge in [0.1, 0.15) is 0 Å². The van der Waals surface area contributed by atoms with Crippen LogP contribution in [0.15, 0.2) is 22.7 Å². The predicted molar refractivity (Wildman–Crippen MR) is 74.2 cm³/mol. The first kappa shape index (κ1) is 12.0. The summed E-state index contributed by atoms with van der Waals surface area (Å²) in [5, 5.41) is 0.775. The Morgan fingerprint density at radius 1 is 1.29 bits per heavy atom. The molecule has 1 aliphatic heterocycles. The molecular weight excluding hydrogens is 300 g/mol. The van der Waals surface area contributed by atoms with E-state index >= 15 is 0 Å². The molecule has 1 saturated heterocycles. The summed E-state index contributed by atoms with van der Waals surface area (Å²) in [5.41, 5.74) is 7.52. The highest BCUT2D eigenvalue weighted by Crippen LogP contribution is 2.41. The minimum atomic E-state index is 0.243. The molecule has 0 bridgehead atoms. The van der Waals surface area contributed by atoms with Gasteiger partial charge in [0, 0.05) is 23.1 Å². The highest BCUT2D eigenvalue weighted by molar-refractivity contribution is 9.10. The molecule has 2 fully saturated rings. The normalized spacial score (nSPS) is 29.8. The molecule has 1 aliphatic carbocycles. The third-order valence-corrected chi connectivity index (χ3v) is 5.02. The number of nitrogens with two attached hydrogens (primary N) is 1. The minimum absolute atomic E-state index is 0.243. The second kappa shape index (κ2) is 4.54. The third-order valence-electron chi connectivity index (χ3n) is 3.78. The average Bonchev–Trinajstić information content (AvgIpc) is 3.07. The quantitative estimate of drug-likeness (QED) is 0.907. The van der Waals surface area contributed by atoms with Gasteiger partial charge in [-0.25, -0.2) is 0 Å². The van der Waals surface area contributed by atoms with Crippen LogP contribution in [-0.4, -0.2) is 23.5 Å². The van der Waals surface area contributed by atoms with E-state index in [1.54, 1.807) is 0 Å². The van der Waals surface area contributed by atoms with E-state index < -0.39 is 0 Å². The summed E-state index contributed by atoms with van der Waals surface area (Å²) in [7, 11) is 0. The van der Waals surface area contributed by atoms with Gasteiger partial charge in [-0.2, -0.15) is 0 Å². The van der Waals surface area contributed by atoms with Crippen molar-refractivity contribution in [1.29, 1.82) is 0 Å². The van der Waals surface area contributed by atoms with Crippen LogP contribution < -0.4 is 5.73 Å². The zero-order chi connectivity index (χ0) is 12.0. The van der Waals surface area contributed by atoms with Crippen LogP contribution in [0.5, 0.6) is 0 Å². The van der Waals surface area contributed by atoms with Crippen molar-refractivity contribution in [3.63, 3.8) is 0 Å². The number of halogens is 2. The van der Waals surface area contributed by atoms with Crippen LogP contribution in [0.4, 0.5) is 0 Å². The molecule has 17 heavy (non-hydrogen) atoms. The van der Waals surface area contributed by atoms with Gasteiger partial charge < -0.3 is 5.73 Å². The summed E-state index contributed by atoms with van der Waals surface area (Å²) in [5.74, 6) is 0. The largest absolute Gasteiger partial charge is 0.326 e. The van der Waals surface area contributed by atoms with Crippen LogP contribution >= 0.6 is 27.5 Å². The number of hydrogen-bond acceptors (Lipinski definition) is 2. The Labute approximate surface area is 115 Å². The molecular formula is C13H16BrClN2. The summed E-state index contributed by atoms with van der Waals surface area (Å²) in [6.45, 7) is 1.13. The Balaban J connectivity index is 1.91. The molecule has 0 aromatic heterocycles. The van der Waals surface area contributed by atoms with Crippen molar-refractivity contribution in [1.82, 2.24) is 4.90 Å². The summed E-state index contributed by atoms with van der Waals surface area (Å²) in [6, 6.07) is 7.57. The molecule has 2 nitrogen and oxygen atoms in total. The van der Waals surface area contributed by atoms with Crippen LogP contribution in [0, 0.1) is 0 Å². The Hall–Kier alpha value is -0.0900. The highest BCUT2D eigenvalue weighted by atomic mass is 79.9. The van der Waals surface area contributed by atoms with Crippen molar-refractivity contribution < 1.29 is 0 Å². The van der Waals surface area contributed by atoms with Gasteiger partial charge in [-0.3, -0.25) is 4.90 Å². The molecule has 1 aromatic carbocycles. The summed E-state index contributed by atoms with van der Waals surface area (Å²) in [4.78, 5) is 2.56. The number of likely N-dealkylation sites (tertiary alicyclic amines) is 1. The van der Waals surface area contributed by atoms with E-state index in [9.17, 15) is 0 Å². The molecule has 2 unspecified atom stereocenters. The van der Waals surface area contributed by atoms with Crippen molar-refractivity contribution in [3.05, 3.63) is 33.3 Å². The molecule has 0 radical (unpaired) electrons. The average molecular weight is 316 g/mol. The van der Waals surface area contributed by atoms with E-state index in [1.165, 1.54) is 18.4 Å². The molecule has 2 atom stereocenters. The van der Waals surface area contributed by atoms with E-state index in [0.29, 0.717) is 6.04 Å². The number of rotatable bonds is 2. The minimum Gasteiger partial charge on any atom is -0.326 e. The third kappa shape index (κ3) is 2.26. The summed E-state index contributed by atoms with van der Waals surface area (Å²) >= 11 is 9.61. The van der Waals surface area contributed by atoms with Gasteiger partial charge in [0.25, 0.3) is 0 Å². The van der Waals surface area contributed by atoms with Crippen LogP contribution in [0.25, 0.3) is 0 Å². The van der Waals surface area contributed by atoms with E-state index in [0.717, 1.165) is 28.5 Å². The van der Waals surface area contributed by atoms with Crippen LogP contribution in [0.2, 0.25) is 5.02 Å². The van der Waals surface area contributed by atoms with E-state index in [4.69, 9.17) is 17.3 Å². The smallest absolute Gasteiger partial charge is 0.0551 e. The first-order chi connectivity index (χ1) is 8.16. The van der Waals surface area contributed by atoms with Crippen molar-refractivity contribution in [2.75, 3.05) is 6.54 Å². The van der Waals surface area contributed by atoms with Gasteiger partial charge in [0.05, 0.1) is 11.1 Å². The summed E-state index contributed by atoms with van der Waals surface area (Å²) < 4.78 is 0.951. The van der Waals surface area contributed by atoms with Gasteiger partial charge in [0.2, 0.25) is 0 Å². The van der Waals surface area contributed by atoms with Crippen LogP contribution in [0.3, 0.4) is 0 Å². The predicted octanol–water partition coefficient (Wildman–Crippen LogP) is 3.34. The van der Waals surface area contributed by atoms with E-state index in [-0.39, 0.29) is 6.04 Å². The van der Waals surface area contributed by atoms with E-state index in [1.807, 2.05) is 6.07 Å². The molecule has 2 N–H and O–H groups in total. The molecule has 0 spiro atoms. The lowest BCUT2D eigenvalue weighted by atomic mass is 10.0.